The van der Waals surface area contributed by atoms with Crippen LogP contribution in [0.25, 0.3) is 0 Å². The third kappa shape index (κ3) is 4.02. The number of halogens is 2. The molecule has 0 aliphatic carbocycles. The maximum Gasteiger partial charge on any atom is 0.274 e. The Hall–Kier alpha value is -1.07. The fourth-order valence-corrected chi connectivity index (χ4v) is 1.45. The van der Waals surface area contributed by atoms with Crippen LogP contribution >= 0.6 is 23.2 Å². The first kappa shape index (κ1) is 14.0. The molecule has 0 saturated carbocycles. The zero-order valence-corrected chi connectivity index (χ0v) is 10.9. The van der Waals surface area contributed by atoms with Gasteiger partial charge in [-0.25, -0.2) is 4.98 Å². The molecule has 5 nitrogen and oxygen atoms in total. The summed E-state index contributed by atoms with van der Waals surface area (Å²) in [4.78, 5) is 26.7. The lowest BCUT2D eigenvalue weighted by Crippen LogP contribution is -2.33. The molecule has 17 heavy (non-hydrogen) atoms. The number of aromatic nitrogens is 2. The molecule has 1 aromatic heterocycles. The molecule has 0 atom stereocenters. The van der Waals surface area contributed by atoms with Gasteiger partial charge in [-0.2, -0.15) is 0 Å². The Kier molecular flexibility index (Phi) is 5.44. The Labute approximate surface area is 109 Å². The molecule has 94 valence electrons. The molecule has 0 bridgehead atoms. The van der Waals surface area contributed by atoms with Gasteiger partial charge in [-0.15, -0.1) is 0 Å². The number of nitrogens with one attached hydrogen (secondary N) is 1. The van der Waals surface area contributed by atoms with Crippen molar-refractivity contribution < 1.29 is 4.79 Å². The fraction of sp³-hybridized carbons (Fsp3) is 0.500. The van der Waals surface area contributed by atoms with Gasteiger partial charge in [0.05, 0.1) is 6.33 Å². The van der Waals surface area contributed by atoms with Gasteiger partial charge in [0.2, 0.25) is 5.91 Å². The van der Waals surface area contributed by atoms with Crippen molar-refractivity contribution in [3.8, 4) is 0 Å². The number of amides is 1. The molecule has 0 fully saturated rings. The molecule has 1 amide bonds. The van der Waals surface area contributed by atoms with Crippen LogP contribution in [0.15, 0.2) is 11.1 Å². The summed E-state index contributed by atoms with van der Waals surface area (Å²) in [6.07, 6.45) is 3.10. The molecule has 0 aliphatic heterocycles. The van der Waals surface area contributed by atoms with E-state index in [1.54, 1.807) is 0 Å². The second kappa shape index (κ2) is 6.61. The lowest BCUT2D eigenvalue weighted by molar-refractivity contribution is -0.121. The van der Waals surface area contributed by atoms with Gasteiger partial charge in [0.25, 0.3) is 5.56 Å². The van der Waals surface area contributed by atoms with Gasteiger partial charge in [-0.1, -0.05) is 36.5 Å². The third-order valence-electron chi connectivity index (χ3n) is 2.11. The van der Waals surface area contributed by atoms with Crippen molar-refractivity contribution >= 4 is 29.1 Å². The molecule has 7 heteroatoms. The van der Waals surface area contributed by atoms with Crippen molar-refractivity contribution in [1.82, 2.24) is 14.9 Å². The van der Waals surface area contributed by atoms with E-state index in [1.165, 1.54) is 6.33 Å². The molecule has 0 saturated heterocycles. The van der Waals surface area contributed by atoms with Gasteiger partial charge in [-0.3, -0.25) is 14.2 Å². The lowest BCUT2D eigenvalue weighted by Gasteiger charge is -2.07. The van der Waals surface area contributed by atoms with Crippen LogP contribution in [0.3, 0.4) is 0 Å². The zero-order valence-electron chi connectivity index (χ0n) is 9.37. The second-order valence-corrected chi connectivity index (χ2v) is 4.22. The van der Waals surface area contributed by atoms with Crippen molar-refractivity contribution in [2.45, 2.75) is 26.3 Å². The van der Waals surface area contributed by atoms with E-state index in [-0.39, 0.29) is 22.6 Å². The normalized spacial score (nSPS) is 10.3. The van der Waals surface area contributed by atoms with Gasteiger partial charge in [-0.05, 0) is 6.42 Å². The van der Waals surface area contributed by atoms with Crippen molar-refractivity contribution in [3.63, 3.8) is 0 Å². The maximum absolute atomic E-state index is 11.6. The van der Waals surface area contributed by atoms with Gasteiger partial charge < -0.3 is 5.32 Å². The van der Waals surface area contributed by atoms with Crippen molar-refractivity contribution in [3.05, 3.63) is 26.9 Å². The highest BCUT2D eigenvalue weighted by molar-refractivity contribution is 6.40. The first-order chi connectivity index (χ1) is 8.06. The summed E-state index contributed by atoms with van der Waals surface area (Å²) in [5.41, 5.74) is -0.516. The highest BCUT2D eigenvalue weighted by atomic mass is 35.5. The molecule has 1 aromatic rings. The standard InChI is InChI=1S/C10H13Cl2N3O2/c1-2-3-4-13-7(16)5-15-6-14-9(12)8(11)10(15)17/h6H,2-5H2,1H3,(H,13,16). The number of carbonyl (C=O) groups excluding carboxylic acids is 1. The van der Waals surface area contributed by atoms with E-state index < -0.39 is 5.56 Å². The highest BCUT2D eigenvalue weighted by Gasteiger charge is 2.09. The lowest BCUT2D eigenvalue weighted by atomic mass is 10.3. The summed E-state index contributed by atoms with van der Waals surface area (Å²) >= 11 is 11.2. The van der Waals surface area contributed by atoms with Crippen LogP contribution < -0.4 is 10.9 Å². The summed E-state index contributed by atoms with van der Waals surface area (Å²) in [6, 6.07) is 0. The molecule has 0 spiro atoms. The van der Waals surface area contributed by atoms with Crippen LogP contribution in [0.5, 0.6) is 0 Å². The predicted octanol–water partition coefficient (Wildman–Crippen LogP) is 1.47. The first-order valence-electron chi connectivity index (χ1n) is 5.23. The maximum atomic E-state index is 11.6. The SMILES string of the molecule is CCCCNC(=O)Cn1cnc(Cl)c(Cl)c1=O. The summed E-state index contributed by atoms with van der Waals surface area (Å²) in [5, 5.41) is 2.46. The second-order valence-electron chi connectivity index (χ2n) is 3.49. The Balaban J connectivity index is 2.66. The Morgan fingerprint density at radius 1 is 1.53 bits per heavy atom. The smallest absolute Gasteiger partial charge is 0.274 e. The number of hydrogen-bond donors (Lipinski definition) is 1. The Bertz CT molecular complexity index is 459. The minimum atomic E-state index is -0.516. The van der Waals surface area contributed by atoms with Gasteiger partial charge >= 0.3 is 0 Å². The first-order valence-corrected chi connectivity index (χ1v) is 5.99. The molecule has 0 aliphatic rings. The summed E-state index contributed by atoms with van der Waals surface area (Å²) in [5.74, 6) is -0.249. The minimum Gasteiger partial charge on any atom is -0.355 e. The van der Waals surface area contributed by atoms with Crippen LogP contribution in [0.2, 0.25) is 10.2 Å². The van der Waals surface area contributed by atoms with Gasteiger partial charge in [0, 0.05) is 6.54 Å². The number of unbranched alkanes of at least 4 members (excludes halogenated alkanes) is 1. The third-order valence-corrected chi connectivity index (χ3v) is 2.83. The van der Waals surface area contributed by atoms with Gasteiger partial charge in [0.15, 0.2) is 5.15 Å². The van der Waals surface area contributed by atoms with E-state index in [4.69, 9.17) is 23.2 Å². The molecule has 1 heterocycles. The molecule has 0 aromatic carbocycles. The van der Waals surface area contributed by atoms with Crippen LogP contribution in [0, 0.1) is 0 Å². The van der Waals surface area contributed by atoms with Crippen molar-refractivity contribution in [2.24, 2.45) is 0 Å². The van der Waals surface area contributed by atoms with E-state index in [0.717, 1.165) is 17.4 Å². The van der Waals surface area contributed by atoms with Crippen LogP contribution in [-0.4, -0.2) is 22.0 Å². The van der Waals surface area contributed by atoms with E-state index in [1.807, 2.05) is 6.92 Å². The molecular weight excluding hydrogens is 265 g/mol. The fourth-order valence-electron chi connectivity index (χ4n) is 1.17. The van der Waals surface area contributed by atoms with Crippen LogP contribution in [-0.2, 0) is 11.3 Å². The summed E-state index contributed by atoms with van der Waals surface area (Å²) in [6.45, 7) is 2.52. The number of nitrogens with zero attached hydrogens (tertiary/aromatic N) is 2. The minimum absolute atomic E-state index is 0.0562. The van der Waals surface area contributed by atoms with E-state index in [2.05, 4.69) is 10.3 Å². The summed E-state index contributed by atoms with van der Waals surface area (Å²) < 4.78 is 1.12. The predicted molar refractivity (Wildman–Crippen MR) is 66.4 cm³/mol. The largest absolute Gasteiger partial charge is 0.355 e. The average Bonchev–Trinajstić information content (AvgIpc) is 2.30. The molecule has 1 N–H and O–H groups in total. The molecule has 0 radical (unpaired) electrons. The Morgan fingerprint density at radius 3 is 2.88 bits per heavy atom. The molecule has 1 rings (SSSR count). The van der Waals surface area contributed by atoms with Crippen LogP contribution in [0.1, 0.15) is 19.8 Å². The molecule has 0 unspecified atom stereocenters. The number of rotatable bonds is 5. The number of carbonyl (C=O) groups is 1. The van der Waals surface area contributed by atoms with E-state index >= 15 is 0 Å². The monoisotopic (exact) mass is 277 g/mol. The number of hydrogen-bond acceptors (Lipinski definition) is 3. The van der Waals surface area contributed by atoms with Crippen molar-refractivity contribution in [1.29, 1.82) is 0 Å². The van der Waals surface area contributed by atoms with Crippen LogP contribution in [0.4, 0.5) is 0 Å². The van der Waals surface area contributed by atoms with Gasteiger partial charge in [0.1, 0.15) is 11.6 Å². The van der Waals surface area contributed by atoms with E-state index in [0.29, 0.717) is 6.54 Å². The molecular formula is C10H13Cl2N3O2. The highest BCUT2D eigenvalue weighted by Crippen LogP contribution is 2.12. The topological polar surface area (TPSA) is 64.0 Å². The average molecular weight is 278 g/mol. The quantitative estimate of drug-likeness (QED) is 0.655. The van der Waals surface area contributed by atoms with Crippen molar-refractivity contribution in [2.75, 3.05) is 6.54 Å². The zero-order chi connectivity index (χ0) is 12.8. The summed E-state index contributed by atoms with van der Waals surface area (Å²) in [7, 11) is 0. The Morgan fingerprint density at radius 2 is 2.24 bits per heavy atom. The van der Waals surface area contributed by atoms with E-state index in [9.17, 15) is 9.59 Å².